The lowest BCUT2D eigenvalue weighted by molar-refractivity contribution is -0.131. The van der Waals surface area contributed by atoms with Crippen LogP contribution < -0.4 is 0 Å². The topological polar surface area (TPSA) is 37.4 Å². The Kier molecular flexibility index (Phi) is 8.83. The van der Waals surface area contributed by atoms with Gasteiger partial charge in [-0.25, -0.2) is 0 Å². The Morgan fingerprint density at radius 1 is 0.955 bits per heavy atom. The fourth-order valence-electron chi connectivity index (χ4n) is 2.22. The third kappa shape index (κ3) is 6.61. The Bertz CT molecular complexity index is 462. The number of rotatable bonds is 10. The number of benzene rings is 1. The molecule has 4 heteroatoms. The summed E-state index contributed by atoms with van der Waals surface area (Å²) in [6.45, 7) is 5.83. The van der Waals surface area contributed by atoms with E-state index in [4.69, 9.17) is 11.6 Å². The SMILES string of the molecule is CCCCN(CCCC)C(=O)CCC(=O)c1ccc(Cl)cc1. The molecule has 1 rings (SSSR count). The lowest BCUT2D eigenvalue weighted by atomic mass is 10.1. The summed E-state index contributed by atoms with van der Waals surface area (Å²) < 4.78 is 0. The van der Waals surface area contributed by atoms with Crippen molar-refractivity contribution >= 4 is 23.3 Å². The summed E-state index contributed by atoms with van der Waals surface area (Å²) in [5, 5.41) is 0.609. The normalized spacial score (nSPS) is 10.5. The molecule has 0 aromatic heterocycles. The summed E-state index contributed by atoms with van der Waals surface area (Å²) in [6.07, 6.45) is 4.71. The van der Waals surface area contributed by atoms with E-state index in [2.05, 4.69) is 13.8 Å². The minimum Gasteiger partial charge on any atom is -0.343 e. The highest BCUT2D eigenvalue weighted by Gasteiger charge is 2.15. The van der Waals surface area contributed by atoms with Crippen LogP contribution in [0.25, 0.3) is 0 Å². The van der Waals surface area contributed by atoms with Crippen molar-refractivity contribution < 1.29 is 9.59 Å². The van der Waals surface area contributed by atoms with Gasteiger partial charge in [0.1, 0.15) is 0 Å². The molecule has 0 atom stereocenters. The molecule has 22 heavy (non-hydrogen) atoms. The van der Waals surface area contributed by atoms with Gasteiger partial charge in [-0.2, -0.15) is 0 Å². The molecule has 1 aromatic carbocycles. The summed E-state index contributed by atoms with van der Waals surface area (Å²) >= 11 is 5.81. The minimum absolute atomic E-state index is 0.00375. The van der Waals surface area contributed by atoms with E-state index in [1.807, 2.05) is 4.90 Å². The molecule has 0 aliphatic heterocycles. The van der Waals surface area contributed by atoms with Crippen molar-refractivity contribution in [3.8, 4) is 0 Å². The van der Waals surface area contributed by atoms with Crippen molar-refractivity contribution in [1.82, 2.24) is 4.90 Å². The number of nitrogens with zero attached hydrogens (tertiary/aromatic N) is 1. The summed E-state index contributed by atoms with van der Waals surface area (Å²) in [4.78, 5) is 26.3. The van der Waals surface area contributed by atoms with Crippen LogP contribution in [0.15, 0.2) is 24.3 Å². The van der Waals surface area contributed by atoms with Crippen molar-refractivity contribution in [3.63, 3.8) is 0 Å². The van der Waals surface area contributed by atoms with Gasteiger partial charge in [0.2, 0.25) is 5.91 Å². The van der Waals surface area contributed by atoms with Crippen molar-refractivity contribution in [3.05, 3.63) is 34.9 Å². The average Bonchev–Trinajstić information content (AvgIpc) is 2.53. The lowest BCUT2D eigenvalue weighted by Gasteiger charge is -2.22. The van der Waals surface area contributed by atoms with Crippen LogP contribution in [0.2, 0.25) is 5.02 Å². The fraction of sp³-hybridized carbons (Fsp3) is 0.556. The monoisotopic (exact) mass is 323 g/mol. The van der Waals surface area contributed by atoms with Crippen LogP contribution in [0, 0.1) is 0 Å². The number of carbonyl (C=O) groups is 2. The highest BCUT2D eigenvalue weighted by atomic mass is 35.5. The first-order valence-electron chi connectivity index (χ1n) is 8.15. The first kappa shape index (κ1) is 18.7. The molecule has 122 valence electrons. The third-order valence-corrected chi connectivity index (χ3v) is 3.90. The van der Waals surface area contributed by atoms with Gasteiger partial charge in [-0.3, -0.25) is 9.59 Å². The molecule has 0 saturated carbocycles. The largest absolute Gasteiger partial charge is 0.343 e. The highest BCUT2D eigenvalue weighted by Crippen LogP contribution is 2.13. The summed E-state index contributed by atoms with van der Waals surface area (Å²) in [5.74, 6) is 0.0835. The maximum Gasteiger partial charge on any atom is 0.223 e. The summed E-state index contributed by atoms with van der Waals surface area (Å²) in [7, 11) is 0. The molecule has 0 heterocycles. The predicted molar refractivity (Wildman–Crippen MR) is 91.4 cm³/mol. The number of hydrogen-bond donors (Lipinski definition) is 0. The Morgan fingerprint density at radius 3 is 2.00 bits per heavy atom. The number of Topliss-reactive ketones (excluding diaryl/α,β-unsaturated/α-hetero) is 1. The van der Waals surface area contributed by atoms with Gasteiger partial charge < -0.3 is 4.90 Å². The van der Waals surface area contributed by atoms with E-state index in [-0.39, 0.29) is 24.5 Å². The van der Waals surface area contributed by atoms with Gasteiger partial charge in [0.05, 0.1) is 0 Å². The second-order valence-corrected chi connectivity index (χ2v) is 5.95. The van der Waals surface area contributed by atoms with E-state index >= 15 is 0 Å². The lowest BCUT2D eigenvalue weighted by Crippen LogP contribution is -2.33. The Morgan fingerprint density at radius 2 is 1.50 bits per heavy atom. The van der Waals surface area contributed by atoms with Crippen LogP contribution in [0.5, 0.6) is 0 Å². The van der Waals surface area contributed by atoms with Crippen molar-refractivity contribution in [2.24, 2.45) is 0 Å². The molecule has 1 amide bonds. The zero-order chi connectivity index (χ0) is 16.4. The van der Waals surface area contributed by atoms with Gasteiger partial charge in [-0.15, -0.1) is 0 Å². The van der Waals surface area contributed by atoms with Crippen LogP contribution in [0.3, 0.4) is 0 Å². The zero-order valence-corrected chi connectivity index (χ0v) is 14.4. The summed E-state index contributed by atoms with van der Waals surface area (Å²) in [6, 6.07) is 6.82. The minimum atomic E-state index is -0.00375. The second kappa shape index (κ2) is 10.4. The molecule has 0 bridgehead atoms. The van der Waals surface area contributed by atoms with Gasteiger partial charge in [-0.05, 0) is 37.1 Å². The zero-order valence-electron chi connectivity index (χ0n) is 13.6. The maximum atomic E-state index is 12.3. The van der Waals surface area contributed by atoms with Gasteiger partial charge in [0.25, 0.3) is 0 Å². The van der Waals surface area contributed by atoms with E-state index in [1.165, 1.54) is 0 Å². The molecule has 0 radical (unpaired) electrons. The van der Waals surface area contributed by atoms with Crippen LogP contribution in [0.1, 0.15) is 62.7 Å². The first-order valence-corrected chi connectivity index (χ1v) is 8.52. The Labute approximate surface area is 138 Å². The molecule has 3 nitrogen and oxygen atoms in total. The Balaban J connectivity index is 2.50. The number of ketones is 1. The summed E-state index contributed by atoms with van der Waals surface area (Å²) in [5.41, 5.74) is 0.617. The molecule has 1 aromatic rings. The van der Waals surface area contributed by atoms with E-state index in [0.717, 1.165) is 38.8 Å². The van der Waals surface area contributed by atoms with E-state index < -0.39 is 0 Å². The molecule has 0 saturated heterocycles. The van der Waals surface area contributed by atoms with Crippen LogP contribution >= 0.6 is 11.6 Å². The number of unbranched alkanes of at least 4 members (excludes halogenated alkanes) is 2. The highest BCUT2D eigenvalue weighted by molar-refractivity contribution is 6.30. The van der Waals surface area contributed by atoms with Crippen molar-refractivity contribution in [2.45, 2.75) is 52.4 Å². The van der Waals surface area contributed by atoms with Crippen LogP contribution in [-0.4, -0.2) is 29.7 Å². The number of amides is 1. The predicted octanol–water partition coefficient (Wildman–Crippen LogP) is 4.73. The van der Waals surface area contributed by atoms with Gasteiger partial charge in [-0.1, -0.05) is 38.3 Å². The van der Waals surface area contributed by atoms with E-state index in [0.29, 0.717) is 10.6 Å². The standard InChI is InChI=1S/C18H26ClNO2/c1-3-5-13-20(14-6-4-2)18(22)12-11-17(21)15-7-9-16(19)10-8-15/h7-10H,3-6,11-14H2,1-2H3. The van der Waals surface area contributed by atoms with Gasteiger partial charge in [0.15, 0.2) is 5.78 Å². The van der Waals surface area contributed by atoms with E-state index in [1.54, 1.807) is 24.3 Å². The number of halogens is 1. The molecule has 0 N–H and O–H groups in total. The molecule has 0 aliphatic rings. The maximum absolute atomic E-state index is 12.3. The molecule has 0 unspecified atom stereocenters. The van der Waals surface area contributed by atoms with Crippen molar-refractivity contribution in [2.75, 3.05) is 13.1 Å². The van der Waals surface area contributed by atoms with Crippen LogP contribution in [-0.2, 0) is 4.79 Å². The smallest absolute Gasteiger partial charge is 0.223 e. The Hall–Kier alpha value is -1.35. The molecular weight excluding hydrogens is 298 g/mol. The second-order valence-electron chi connectivity index (χ2n) is 5.52. The van der Waals surface area contributed by atoms with Gasteiger partial charge in [0, 0.05) is 36.5 Å². The number of carbonyl (C=O) groups excluding carboxylic acids is 2. The molecule has 0 fully saturated rings. The molecule has 0 spiro atoms. The quantitative estimate of drug-likeness (QED) is 0.584. The first-order chi connectivity index (χ1) is 10.6. The van der Waals surface area contributed by atoms with Crippen LogP contribution in [0.4, 0.5) is 0 Å². The molecule has 0 aliphatic carbocycles. The average molecular weight is 324 g/mol. The van der Waals surface area contributed by atoms with Crippen molar-refractivity contribution in [1.29, 1.82) is 0 Å². The number of hydrogen-bond acceptors (Lipinski definition) is 2. The van der Waals surface area contributed by atoms with E-state index in [9.17, 15) is 9.59 Å². The third-order valence-electron chi connectivity index (χ3n) is 3.65. The van der Waals surface area contributed by atoms with Gasteiger partial charge >= 0.3 is 0 Å². The fourth-order valence-corrected chi connectivity index (χ4v) is 2.34. The molecular formula is C18H26ClNO2.